The lowest BCUT2D eigenvalue weighted by Crippen LogP contribution is -2.22. The van der Waals surface area contributed by atoms with Crippen molar-refractivity contribution in [3.63, 3.8) is 0 Å². The maximum Gasteiger partial charge on any atom is 0.0953 e. The highest BCUT2D eigenvalue weighted by molar-refractivity contribution is 14.1. The fourth-order valence-electron chi connectivity index (χ4n) is 1.94. The van der Waals surface area contributed by atoms with E-state index in [1.165, 1.54) is 20.3 Å². The zero-order chi connectivity index (χ0) is 12.3. The van der Waals surface area contributed by atoms with Crippen LogP contribution < -0.4 is 5.32 Å². The molecule has 0 saturated carbocycles. The van der Waals surface area contributed by atoms with E-state index in [1.807, 2.05) is 12.3 Å². The number of benzene rings is 1. The molecule has 0 saturated heterocycles. The van der Waals surface area contributed by atoms with Crippen LogP contribution in [0, 0.1) is 10.5 Å². The molecule has 1 atom stereocenters. The maximum atomic E-state index is 5.19. The van der Waals surface area contributed by atoms with E-state index >= 15 is 0 Å². The second kappa shape index (κ2) is 5.69. The van der Waals surface area contributed by atoms with Gasteiger partial charge in [-0.15, -0.1) is 0 Å². The summed E-state index contributed by atoms with van der Waals surface area (Å²) < 4.78 is 6.51. The van der Waals surface area contributed by atoms with Gasteiger partial charge in [0.1, 0.15) is 0 Å². The predicted molar refractivity (Wildman–Crippen MR) is 78.1 cm³/mol. The van der Waals surface area contributed by atoms with Crippen molar-refractivity contribution in [2.24, 2.45) is 0 Å². The van der Waals surface area contributed by atoms with E-state index in [0.29, 0.717) is 0 Å². The second-order valence-electron chi connectivity index (χ2n) is 4.03. The van der Waals surface area contributed by atoms with Crippen LogP contribution in [0.15, 0.2) is 41.2 Å². The van der Waals surface area contributed by atoms with E-state index in [1.54, 1.807) is 6.26 Å². The Kier molecular flexibility index (Phi) is 4.23. The molecule has 0 aliphatic carbocycles. The molecule has 1 aromatic carbocycles. The molecule has 2 rings (SSSR count). The molecule has 1 aromatic heterocycles. The molecule has 17 heavy (non-hydrogen) atoms. The quantitative estimate of drug-likeness (QED) is 0.854. The molecule has 90 valence electrons. The van der Waals surface area contributed by atoms with E-state index < -0.39 is 0 Å². The fourth-order valence-corrected chi connectivity index (χ4v) is 2.61. The van der Waals surface area contributed by atoms with Crippen molar-refractivity contribution in [3.8, 4) is 0 Å². The van der Waals surface area contributed by atoms with Gasteiger partial charge in [-0.25, -0.2) is 0 Å². The standard InChI is InChI=1S/C14H16INO/c1-3-16-14(11-7-8-17-9-11)12-6-4-5-10(2)13(12)15/h4-9,14,16H,3H2,1-2H3. The molecule has 0 spiro atoms. The summed E-state index contributed by atoms with van der Waals surface area (Å²) >= 11 is 2.41. The molecular formula is C14H16INO. The largest absolute Gasteiger partial charge is 0.472 e. The first-order valence-corrected chi connectivity index (χ1v) is 6.82. The van der Waals surface area contributed by atoms with Gasteiger partial charge in [0, 0.05) is 9.13 Å². The minimum Gasteiger partial charge on any atom is -0.472 e. The van der Waals surface area contributed by atoms with Crippen LogP contribution in [0.5, 0.6) is 0 Å². The van der Waals surface area contributed by atoms with E-state index in [9.17, 15) is 0 Å². The summed E-state index contributed by atoms with van der Waals surface area (Å²) in [5.74, 6) is 0. The van der Waals surface area contributed by atoms with Gasteiger partial charge in [-0.05, 0) is 53.3 Å². The van der Waals surface area contributed by atoms with Crippen molar-refractivity contribution in [2.75, 3.05) is 6.54 Å². The number of nitrogens with one attached hydrogen (secondary N) is 1. The summed E-state index contributed by atoms with van der Waals surface area (Å²) in [6.07, 6.45) is 3.54. The molecule has 0 fully saturated rings. The first-order chi connectivity index (χ1) is 8.24. The van der Waals surface area contributed by atoms with Crippen molar-refractivity contribution in [3.05, 3.63) is 57.1 Å². The van der Waals surface area contributed by atoms with Crippen LogP contribution in [-0.2, 0) is 0 Å². The topological polar surface area (TPSA) is 25.2 Å². The highest BCUT2D eigenvalue weighted by atomic mass is 127. The maximum absolute atomic E-state index is 5.19. The van der Waals surface area contributed by atoms with Crippen LogP contribution in [0.2, 0.25) is 0 Å². The molecule has 0 aliphatic rings. The van der Waals surface area contributed by atoms with E-state index in [2.05, 4.69) is 60.0 Å². The van der Waals surface area contributed by atoms with Gasteiger partial charge in [0.2, 0.25) is 0 Å². The van der Waals surface area contributed by atoms with Crippen molar-refractivity contribution in [1.82, 2.24) is 5.32 Å². The summed E-state index contributed by atoms with van der Waals surface area (Å²) in [7, 11) is 0. The number of hydrogen-bond donors (Lipinski definition) is 1. The molecule has 1 heterocycles. The van der Waals surface area contributed by atoms with Gasteiger partial charge in [0.25, 0.3) is 0 Å². The summed E-state index contributed by atoms with van der Waals surface area (Å²) in [5.41, 5.74) is 3.80. The third-order valence-electron chi connectivity index (χ3n) is 2.82. The lowest BCUT2D eigenvalue weighted by Gasteiger charge is -2.19. The Morgan fingerprint density at radius 1 is 1.35 bits per heavy atom. The summed E-state index contributed by atoms with van der Waals surface area (Å²) in [6.45, 7) is 5.19. The highest BCUT2D eigenvalue weighted by Crippen LogP contribution is 2.28. The zero-order valence-electron chi connectivity index (χ0n) is 10.0. The minimum atomic E-state index is 0.213. The SMILES string of the molecule is CCNC(c1ccoc1)c1cccc(C)c1I. The average Bonchev–Trinajstić information content (AvgIpc) is 2.84. The molecular weight excluding hydrogens is 325 g/mol. The van der Waals surface area contributed by atoms with Crippen molar-refractivity contribution >= 4 is 22.6 Å². The third-order valence-corrected chi connectivity index (χ3v) is 4.29. The molecule has 1 N–H and O–H groups in total. The van der Waals surface area contributed by atoms with Crippen LogP contribution in [-0.4, -0.2) is 6.54 Å². The number of halogens is 1. The summed E-state index contributed by atoms with van der Waals surface area (Å²) in [5, 5.41) is 3.50. The van der Waals surface area contributed by atoms with Gasteiger partial charge in [-0.2, -0.15) is 0 Å². The molecule has 2 nitrogen and oxygen atoms in total. The van der Waals surface area contributed by atoms with Crippen LogP contribution in [0.25, 0.3) is 0 Å². The lowest BCUT2D eigenvalue weighted by atomic mass is 9.99. The molecule has 0 radical (unpaired) electrons. The molecule has 0 bridgehead atoms. The summed E-state index contributed by atoms with van der Waals surface area (Å²) in [6, 6.07) is 8.66. The molecule has 0 amide bonds. The third kappa shape index (κ3) is 2.72. The Morgan fingerprint density at radius 2 is 2.18 bits per heavy atom. The highest BCUT2D eigenvalue weighted by Gasteiger charge is 2.17. The average molecular weight is 341 g/mol. The van der Waals surface area contributed by atoms with Gasteiger partial charge in [-0.3, -0.25) is 0 Å². The molecule has 2 aromatic rings. The monoisotopic (exact) mass is 341 g/mol. The van der Waals surface area contributed by atoms with Gasteiger partial charge in [-0.1, -0.05) is 25.1 Å². The van der Waals surface area contributed by atoms with Crippen LogP contribution in [0.1, 0.15) is 29.7 Å². The number of rotatable bonds is 4. The van der Waals surface area contributed by atoms with E-state index in [0.717, 1.165) is 6.54 Å². The number of aryl methyl sites for hydroxylation is 1. The van der Waals surface area contributed by atoms with Crippen LogP contribution in [0.4, 0.5) is 0 Å². The number of furan rings is 1. The number of hydrogen-bond acceptors (Lipinski definition) is 2. The van der Waals surface area contributed by atoms with Gasteiger partial charge in [0.05, 0.1) is 18.6 Å². The van der Waals surface area contributed by atoms with Crippen molar-refractivity contribution in [1.29, 1.82) is 0 Å². The van der Waals surface area contributed by atoms with Gasteiger partial charge < -0.3 is 9.73 Å². The first kappa shape index (κ1) is 12.6. The smallest absolute Gasteiger partial charge is 0.0953 e. The van der Waals surface area contributed by atoms with Gasteiger partial charge in [0.15, 0.2) is 0 Å². The van der Waals surface area contributed by atoms with Crippen LogP contribution >= 0.6 is 22.6 Å². The second-order valence-corrected chi connectivity index (χ2v) is 5.10. The van der Waals surface area contributed by atoms with Gasteiger partial charge >= 0.3 is 0 Å². The molecule has 1 unspecified atom stereocenters. The Balaban J connectivity index is 2.43. The van der Waals surface area contributed by atoms with Crippen molar-refractivity contribution < 1.29 is 4.42 Å². The zero-order valence-corrected chi connectivity index (χ0v) is 12.2. The normalized spacial score (nSPS) is 12.6. The lowest BCUT2D eigenvalue weighted by molar-refractivity contribution is 0.552. The first-order valence-electron chi connectivity index (χ1n) is 5.74. The van der Waals surface area contributed by atoms with E-state index in [-0.39, 0.29) is 6.04 Å². The Hall–Kier alpha value is -0.810. The minimum absolute atomic E-state index is 0.213. The van der Waals surface area contributed by atoms with Crippen LogP contribution in [0.3, 0.4) is 0 Å². The Labute approximate surface area is 116 Å². The van der Waals surface area contributed by atoms with E-state index in [4.69, 9.17) is 4.42 Å². The Morgan fingerprint density at radius 3 is 2.82 bits per heavy atom. The molecule has 3 heteroatoms. The molecule has 0 aliphatic heterocycles. The fraction of sp³-hybridized carbons (Fsp3) is 0.286. The Bertz CT molecular complexity index is 479. The van der Waals surface area contributed by atoms with Crippen molar-refractivity contribution in [2.45, 2.75) is 19.9 Å². The summed E-state index contributed by atoms with van der Waals surface area (Å²) in [4.78, 5) is 0. The predicted octanol–water partition coefficient (Wildman–Crippen LogP) is 3.89.